The molecule has 0 fully saturated rings. The third-order valence-corrected chi connectivity index (χ3v) is 0.357. The third kappa shape index (κ3) is 6.43. The summed E-state index contributed by atoms with van der Waals surface area (Å²) in [7, 11) is 0. The average Bonchev–Trinajstić information content (AvgIpc) is 1.36. The van der Waals surface area contributed by atoms with Crippen molar-refractivity contribution in [2.24, 2.45) is 0 Å². The molecule has 0 aromatic carbocycles. The summed E-state index contributed by atoms with van der Waals surface area (Å²) in [6, 6.07) is 0. The molecule has 7 heavy (non-hydrogen) atoms. The Bertz CT molecular complexity index is 65.5. The van der Waals surface area contributed by atoms with Gasteiger partial charge >= 0.3 is 35.5 Å². The second-order valence-corrected chi connectivity index (χ2v) is 1.01. The van der Waals surface area contributed by atoms with Crippen LogP contribution in [0.1, 0.15) is 8.35 Å². The minimum Gasteiger partial charge on any atom is -1.00 e. The van der Waals surface area contributed by atoms with E-state index in [1.165, 1.54) is 6.92 Å². The van der Waals surface area contributed by atoms with Crippen molar-refractivity contribution in [3.8, 4) is 0 Å². The average molecular weight is 114 g/mol. The van der Waals surface area contributed by atoms with Crippen molar-refractivity contribution in [1.82, 2.24) is 0 Å². The topological polar surface area (TPSA) is 57.5 Å². The molecule has 0 unspecified atom stereocenters. The number of hydrogen-bond acceptors (Lipinski definition) is 2. The van der Waals surface area contributed by atoms with Crippen LogP contribution < -0.4 is 29.6 Å². The van der Waals surface area contributed by atoms with Crippen LogP contribution in [0.4, 0.5) is 0 Å². The first-order valence-electron chi connectivity index (χ1n) is 1.55. The van der Waals surface area contributed by atoms with E-state index in [0.29, 0.717) is 0 Å². The van der Waals surface area contributed by atoms with Crippen molar-refractivity contribution in [3.63, 3.8) is 0 Å². The van der Waals surface area contributed by atoms with Gasteiger partial charge in [0.2, 0.25) is 0 Å². The molecular weight excluding hydrogens is 107 g/mol. The van der Waals surface area contributed by atoms with Gasteiger partial charge in [-0.25, -0.2) is 4.79 Å². The van der Waals surface area contributed by atoms with Crippen LogP contribution >= 0.6 is 0 Å². The summed E-state index contributed by atoms with van der Waals surface area (Å²) >= 11 is 0. The van der Waals surface area contributed by atoms with E-state index >= 15 is 0 Å². The Morgan fingerprint density at radius 2 is 2.00 bits per heavy atom. The van der Waals surface area contributed by atoms with Gasteiger partial charge in [-0.15, -0.1) is 0 Å². The van der Waals surface area contributed by atoms with E-state index in [0.717, 1.165) is 0 Å². The first-order chi connectivity index (χ1) is 2.64. The summed E-state index contributed by atoms with van der Waals surface area (Å²) in [5, 5.41) is 15.8. The molecule has 0 aliphatic rings. The normalized spacial score (nSPS) is 11.7. The van der Waals surface area contributed by atoms with Crippen LogP contribution in [0.25, 0.3) is 0 Å². The van der Waals surface area contributed by atoms with Gasteiger partial charge in [-0.3, -0.25) is 0 Å². The quantitative estimate of drug-likeness (QED) is 0.349. The number of carboxylic acid groups (broad SMARTS) is 1. The summed E-state index contributed by atoms with van der Waals surface area (Å²) < 4.78 is 0. The number of aliphatic carboxylic acids is 1. The van der Waals surface area contributed by atoms with E-state index in [9.17, 15) is 4.79 Å². The van der Waals surface area contributed by atoms with Crippen molar-refractivity contribution in [3.05, 3.63) is 0 Å². The van der Waals surface area contributed by atoms with Gasteiger partial charge in [0.15, 0.2) is 0 Å². The van der Waals surface area contributed by atoms with Gasteiger partial charge in [0.25, 0.3) is 0 Å². The fourth-order valence-electron chi connectivity index (χ4n) is 0. The smallest absolute Gasteiger partial charge is 1.00 e. The molecule has 38 valence electrons. The molecule has 0 aromatic rings. The second kappa shape index (κ2) is 4.59. The SMILES string of the molecule is C[C@H](O)C(=O)O.[H-].[Na+]. The molecule has 1 atom stereocenters. The number of rotatable bonds is 1. The van der Waals surface area contributed by atoms with Crippen LogP contribution in [-0.2, 0) is 4.79 Å². The molecular formula is C3H7NaO3. The van der Waals surface area contributed by atoms with Gasteiger partial charge in [0.1, 0.15) is 6.10 Å². The first kappa shape index (κ1) is 10.4. The van der Waals surface area contributed by atoms with Crippen molar-refractivity contribution in [1.29, 1.82) is 0 Å². The van der Waals surface area contributed by atoms with Crippen LogP contribution in [-0.4, -0.2) is 22.3 Å². The standard InChI is InChI=1S/C3H6O3.Na.H/c1-2(4)3(5)6;;/h2,4H,1H3,(H,5,6);;/q;+1;-1/t2-;;/m0../s1. The van der Waals surface area contributed by atoms with E-state index in [2.05, 4.69) is 0 Å². The monoisotopic (exact) mass is 114 g/mol. The molecule has 0 heterocycles. The molecule has 2 N–H and O–H groups in total. The van der Waals surface area contributed by atoms with Gasteiger partial charge in [0.05, 0.1) is 0 Å². The Labute approximate surface area is 65.1 Å². The minimum absolute atomic E-state index is 0. The van der Waals surface area contributed by atoms with Gasteiger partial charge in [-0.05, 0) is 6.92 Å². The van der Waals surface area contributed by atoms with Crippen molar-refractivity contribution >= 4 is 5.97 Å². The van der Waals surface area contributed by atoms with Crippen LogP contribution in [0.15, 0.2) is 0 Å². The summed E-state index contributed by atoms with van der Waals surface area (Å²) in [4.78, 5) is 9.45. The van der Waals surface area contributed by atoms with Gasteiger partial charge in [-0.1, -0.05) is 0 Å². The van der Waals surface area contributed by atoms with E-state index in [1.54, 1.807) is 0 Å². The molecule has 0 radical (unpaired) electrons. The van der Waals surface area contributed by atoms with Crippen molar-refractivity contribution < 1.29 is 46.0 Å². The molecule has 0 saturated carbocycles. The molecule has 0 saturated heterocycles. The summed E-state index contributed by atoms with van der Waals surface area (Å²) in [5.41, 5.74) is 0. The molecule has 0 amide bonds. The molecule has 4 heteroatoms. The number of hydrogen-bond donors (Lipinski definition) is 2. The van der Waals surface area contributed by atoms with Crippen LogP contribution in [0, 0.1) is 0 Å². The zero-order chi connectivity index (χ0) is 5.15. The predicted molar refractivity (Wildman–Crippen MR) is 20.4 cm³/mol. The fraction of sp³-hybridized carbons (Fsp3) is 0.667. The molecule has 0 spiro atoms. The summed E-state index contributed by atoms with van der Waals surface area (Å²) in [5.74, 6) is -1.19. The van der Waals surface area contributed by atoms with Crippen molar-refractivity contribution in [2.75, 3.05) is 0 Å². The van der Waals surface area contributed by atoms with Crippen molar-refractivity contribution in [2.45, 2.75) is 13.0 Å². The molecule has 0 aliphatic carbocycles. The van der Waals surface area contributed by atoms with E-state index in [-0.39, 0.29) is 31.0 Å². The summed E-state index contributed by atoms with van der Waals surface area (Å²) in [6.45, 7) is 1.20. The molecule has 0 aromatic heterocycles. The number of carboxylic acids is 1. The Kier molecular flexibility index (Phi) is 6.82. The zero-order valence-corrected chi connectivity index (χ0v) is 6.38. The number of carbonyl (C=O) groups is 1. The Morgan fingerprint density at radius 1 is 1.86 bits per heavy atom. The fourth-order valence-corrected chi connectivity index (χ4v) is 0. The predicted octanol–water partition coefficient (Wildman–Crippen LogP) is -3.43. The summed E-state index contributed by atoms with van der Waals surface area (Å²) in [6.07, 6.45) is -1.23. The van der Waals surface area contributed by atoms with Crippen LogP contribution in [0.2, 0.25) is 0 Å². The first-order valence-corrected chi connectivity index (χ1v) is 1.55. The maximum absolute atomic E-state index is 9.45. The zero-order valence-electron chi connectivity index (χ0n) is 5.38. The minimum atomic E-state index is -1.23. The largest absolute Gasteiger partial charge is 1.00 e. The molecule has 0 rings (SSSR count). The van der Waals surface area contributed by atoms with Crippen LogP contribution in [0.3, 0.4) is 0 Å². The number of aliphatic hydroxyl groups is 1. The maximum Gasteiger partial charge on any atom is 1.00 e. The molecule has 0 aliphatic heterocycles. The van der Waals surface area contributed by atoms with E-state index in [1.807, 2.05) is 0 Å². The molecule has 3 nitrogen and oxygen atoms in total. The Hall–Kier alpha value is 0.430. The van der Waals surface area contributed by atoms with E-state index in [4.69, 9.17) is 10.2 Å². The second-order valence-electron chi connectivity index (χ2n) is 1.01. The Balaban J connectivity index is -0.000000125. The van der Waals surface area contributed by atoms with Gasteiger partial charge in [0, 0.05) is 0 Å². The number of aliphatic hydroxyl groups excluding tert-OH is 1. The Morgan fingerprint density at radius 3 is 2.00 bits per heavy atom. The maximum atomic E-state index is 9.45. The third-order valence-electron chi connectivity index (χ3n) is 0.357. The molecule has 0 bridgehead atoms. The van der Waals surface area contributed by atoms with E-state index < -0.39 is 12.1 Å². The van der Waals surface area contributed by atoms with Gasteiger partial charge < -0.3 is 11.6 Å². The van der Waals surface area contributed by atoms with Crippen LogP contribution in [0.5, 0.6) is 0 Å². The van der Waals surface area contributed by atoms with Gasteiger partial charge in [-0.2, -0.15) is 0 Å².